The fraction of sp³-hybridized carbons (Fsp3) is 0.333. The molecule has 0 amide bonds. The van der Waals surface area contributed by atoms with E-state index in [-0.39, 0.29) is 0 Å². The zero-order valence-electron chi connectivity index (χ0n) is 9.88. The predicted molar refractivity (Wildman–Crippen MR) is 62.7 cm³/mol. The Morgan fingerprint density at radius 2 is 2.12 bits per heavy atom. The number of hydrogen-bond donors (Lipinski definition) is 1. The van der Waals surface area contributed by atoms with E-state index in [1.165, 1.54) is 0 Å². The van der Waals surface area contributed by atoms with Gasteiger partial charge in [0.1, 0.15) is 23.3 Å². The van der Waals surface area contributed by atoms with Gasteiger partial charge in [-0.2, -0.15) is 0 Å². The Kier molecular flexibility index (Phi) is 3.39. The minimum absolute atomic E-state index is 0.425. The minimum atomic E-state index is -0.459. The summed E-state index contributed by atoms with van der Waals surface area (Å²) in [6, 6.07) is 3.31. The first-order valence-electron chi connectivity index (χ1n) is 5.45. The van der Waals surface area contributed by atoms with E-state index in [1.807, 2.05) is 19.1 Å². The van der Waals surface area contributed by atoms with E-state index in [2.05, 4.69) is 9.97 Å². The molecule has 90 valence electrons. The van der Waals surface area contributed by atoms with Crippen molar-refractivity contribution >= 4 is 0 Å². The first kappa shape index (κ1) is 11.6. The van der Waals surface area contributed by atoms with Crippen molar-refractivity contribution in [2.24, 2.45) is 5.73 Å². The summed E-state index contributed by atoms with van der Waals surface area (Å²) in [5.41, 5.74) is 6.66. The van der Waals surface area contributed by atoms with Gasteiger partial charge in [-0.1, -0.05) is 6.92 Å². The average Bonchev–Trinajstić information content (AvgIpc) is 2.86. The fourth-order valence-electron chi connectivity index (χ4n) is 1.59. The highest BCUT2D eigenvalue weighted by atomic mass is 16.5. The molecular formula is C12H15N3O2. The van der Waals surface area contributed by atoms with E-state index < -0.39 is 6.04 Å². The number of hydrogen-bond acceptors (Lipinski definition) is 5. The van der Waals surface area contributed by atoms with Crippen molar-refractivity contribution in [2.45, 2.75) is 19.4 Å². The average molecular weight is 233 g/mol. The van der Waals surface area contributed by atoms with Crippen LogP contribution in [0.2, 0.25) is 0 Å². The number of nitrogens with two attached hydrogens (primary N) is 1. The van der Waals surface area contributed by atoms with Gasteiger partial charge in [0.25, 0.3) is 0 Å². The van der Waals surface area contributed by atoms with Crippen LogP contribution in [-0.4, -0.2) is 17.1 Å². The third-order valence-electron chi connectivity index (χ3n) is 2.52. The second-order valence-electron chi connectivity index (χ2n) is 3.59. The number of nitrogens with zero attached hydrogens (tertiary/aromatic N) is 2. The zero-order valence-corrected chi connectivity index (χ0v) is 9.88. The molecule has 17 heavy (non-hydrogen) atoms. The topological polar surface area (TPSA) is 74.2 Å². The molecule has 0 aliphatic carbocycles. The van der Waals surface area contributed by atoms with E-state index in [1.54, 1.807) is 19.5 Å². The Balaban J connectivity index is 2.32. The van der Waals surface area contributed by atoms with Crippen LogP contribution in [0.15, 0.2) is 28.9 Å². The summed E-state index contributed by atoms with van der Waals surface area (Å²) in [7, 11) is 1.54. The third kappa shape index (κ3) is 2.29. The van der Waals surface area contributed by atoms with Crippen LogP contribution in [0.4, 0.5) is 0 Å². The Hall–Kier alpha value is -1.88. The summed E-state index contributed by atoms with van der Waals surface area (Å²) in [6.07, 6.45) is 3.99. The van der Waals surface area contributed by atoms with Crippen molar-refractivity contribution in [1.29, 1.82) is 0 Å². The van der Waals surface area contributed by atoms with Gasteiger partial charge >= 0.3 is 0 Å². The Morgan fingerprint density at radius 1 is 1.35 bits per heavy atom. The van der Waals surface area contributed by atoms with Gasteiger partial charge in [-0.25, -0.2) is 4.98 Å². The smallest absolute Gasteiger partial charge is 0.237 e. The van der Waals surface area contributed by atoms with E-state index in [4.69, 9.17) is 14.9 Å². The van der Waals surface area contributed by atoms with Gasteiger partial charge in [-0.05, 0) is 12.1 Å². The predicted octanol–water partition coefficient (Wildman–Crippen LogP) is 1.69. The van der Waals surface area contributed by atoms with Crippen molar-refractivity contribution in [3.8, 4) is 5.88 Å². The molecule has 2 heterocycles. The van der Waals surface area contributed by atoms with Crippen LogP contribution in [0, 0.1) is 0 Å². The Bertz CT molecular complexity index is 496. The molecule has 5 nitrogen and oxygen atoms in total. The zero-order chi connectivity index (χ0) is 12.3. The Morgan fingerprint density at radius 3 is 2.76 bits per heavy atom. The van der Waals surface area contributed by atoms with Crippen LogP contribution in [0.1, 0.15) is 30.2 Å². The summed E-state index contributed by atoms with van der Waals surface area (Å²) in [6.45, 7) is 2.02. The van der Waals surface area contributed by atoms with Gasteiger partial charge in [-0.3, -0.25) is 4.98 Å². The van der Waals surface area contributed by atoms with Gasteiger partial charge in [0.05, 0.1) is 7.11 Å². The van der Waals surface area contributed by atoms with Crippen molar-refractivity contribution < 1.29 is 9.15 Å². The largest absolute Gasteiger partial charge is 0.480 e. The highest BCUT2D eigenvalue weighted by Gasteiger charge is 2.19. The molecule has 0 aliphatic rings. The molecule has 5 heteroatoms. The summed E-state index contributed by atoms with van der Waals surface area (Å²) in [4.78, 5) is 8.25. The molecule has 2 aromatic heterocycles. The van der Waals surface area contributed by atoms with Crippen LogP contribution in [0.25, 0.3) is 0 Å². The maximum atomic E-state index is 6.08. The summed E-state index contributed by atoms with van der Waals surface area (Å²) in [5.74, 6) is 1.99. The first-order valence-corrected chi connectivity index (χ1v) is 5.45. The molecule has 1 atom stereocenters. The van der Waals surface area contributed by atoms with Gasteiger partial charge in [0.2, 0.25) is 5.88 Å². The summed E-state index contributed by atoms with van der Waals surface area (Å²) < 4.78 is 10.7. The van der Waals surface area contributed by atoms with Gasteiger partial charge in [0, 0.05) is 18.8 Å². The molecule has 0 aliphatic heterocycles. The maximum absolute atomic E-state index is 6.08. The van der Waals surface area contributed by atoms with Crippen molar-refractivity contribution in [2.75, 3.05) is 7.11 Å². The lowest BCUT2D eigenvalue weighted by Gasteiger charge is -2.10. The van der Waals surface area contributed by atoms with E-state index in [0.717, 1.165) is 12.2 Å². The molecule has 0 aromatic carbocycles. The highest BCUT2D eigenvalue weighted by molar-refractivity contribution is 5.28. The molecule has 2 aromatic rings. The van der Waals surface area contributed by atoms with Gasteiger partial charge in [-0.15, -0.1) is 0 Å². The van der Waals surface area contributed by atoms with Gasteiger partial charge < -0.3 is 14.9 Å². The molecule has 0 saturated heterocycles. The molecule has 2 N–H and O–H groups in total. The lowest BCUT2D eigenvalue weighted by molar-refractivity contribution is 0.380. The molecular weight excluding hydrogens is 218 g/mol. The van der Waals surface area contributed by atoms with Crippen LogP contribution in [0.3, 0.4) is 0 Å². The monoisotopic (exact) mass is 233 g/mol. The number of methoxy groups -OCH3 is 1. The van der Waals surface area contributed by atoms with Crippen molar-refractivity contribution in [3.05, 3.63) is 41.7 Å². The molecule has 0 fully saturated rings. The third-order valence-corrected chi connectivity index (χ3v) is 2.52. The lowest BCUT2D eigenvalue weighted by atomic mass is 10.1. The van der Waals surface area contributed by atoms with Crippen molar-refractivity contribution in [1.82, 2.24) is 9.97 Å². The standard InChI is InChI=1S/C12H15N3O2/c1-3-8-4-5-9(17-8)10(13)11-12(16-2)15-7-6-14-11/h4-7,10H,3,13H2,1-2H3. The molecule has 0 radical (unpaired) electrons. The fourth-order valence-corrected chi connectivity index (χ4v) is 1.59. The van der Waals surface area contributed by atoms with Crippen LogP contribution < -0.4 is 10.5 Å². The second kappa shape index (κ2) is 4.97. The molecule has 0 spiro atoms. The first-order chi connectivity index (χ1) is 8.26. The minimum Gasteiger partial charge on any atom is -0.480 e. The van der Waals surface area contributed by atoms with Crippen LogP contribution in [0.5, 0.6) is 5.88 Å². The molecule has 1 unspecified atom stereocenters. The SMILES string of the molecule is CCc1ccc(C(N)c2nccnc2OC)o1. The number of ether oxygens (including phenoxy) is 1. The molecule has 0 saturated carbocycles. The van der Waals surface area contributed by atoms with Crippen LogP contribution >= 0.6 is 0 Å². The highest BCUT2D eigenvalue weighted by Crippen LogP contribution is 2.25. The number of furan rings is 1. The quantitative estimate of drug-likeness (QED) is 0.869. The number of aryl methyl sites for hydroxylation is 1. The molecule has 2 rings (SSSR count). The normalized spacial score (nSPS) is 12.4. The maximum Gasteiger partial charge on any atom is 0.237 e. The van der Waals surface area contributed by atoms with E-state index in [0.29, 0.717) is 17.3 Å². The van der Waals surface area contributed by atoms with Crippen LogP contribution in [-0.2, 0) is 6.42 Å². The van der Waals surface area contributed by atoms with E-state index in [9.17, 15) is 0 Å². The summed E-state index contributed by atoms with van der Waals surface area (Å²) in [5, 5.41) is 0. The van der Waals surface area contributed by atoms with E-state index >= 15 is 0 Å². The number of aromatic nitrogens is 2. The lowest BCUT2D eigenvalue weighted by Crippen LogP contribution is -2.14. The Labute approximate surface area is 99.6 Å². The number of rotatable bonds is 4. The second-order valence-corrected chi connectivity index (χ2v) is 3.59. The molecule has 0 bridgehead atoms. The summed E-state index contributed by atoms with van der Waals surface area (Å²) >= 11 is 0. The van der Waals surface area contributed by atoms with Gasteiger partial charge in [0.15, 0.2) is 0 Å². The van der Waals surface area contributed by atoms with Crippen molar-refractivity contribution in [3.63, 3.8) is 0 Å².